The number of nitrogens with zero attached hydrogens (tertiary/aromatic N) is 6. The number of para-hydroxylation sites is 4. The molecule has 0 unspecified atom stereocenters. The van der Waals surface area contributed by atoms with E-state index in [1.807, 2.05) is 72.8 Å². The Labute approximate surface area is 231 Å². The molecule has 8 nitrogen and oxygen atoms in total. The fourth-order valence-electron chi connectivity index (χ4n) is 5.23. The van der Waals surface area contributed by atoms with Crippen molar-refractivity contribution in [3.63, 3.8) is 0 Å². The number of ketones is 2. The van der Waals surface area contributed by atoms with Crippen LogP contribution in [0.1, 0.15) is 49.9 Å². The van der Waals surface area contributed by atoms with Crippen LogP contribution in [-0.2, 0) is 20.9 Å². The van der Waals surface area contributed by atoms with Gasteiger partial charge >= 0.3 is 0 Å². The molecule has 2 aromatic carbocycles. The number of fused-ring (bicyclic) bond motifs is 2. The van der Waals surface area contributed by atoms with Gasteiger partial charge in [0, 0.05) is 25.2 Å². The Morgan fingerprint density at radius 3 is 1.15 bits per heavy atom. The highest BCUT2D eigenvalue weighted by Gasteiger charge is 2.43. The van der Waals surface area contributed by atoms with E-state index in [4.69, 9.17) is 20.0 Å². The second-order valence-corrected chi connectivity index (χ2v) is 9.96. The smallest absolute Gasteiger partial charge is 0.252 e. The summed E-state index contributed by atoms with van der Waals surface area (Å²) in [6, 6.07) is 26.0. The highest BCUT2D eigenvalue weighted by atomic mass is 16.1. The minimum atomic E-state index is -1.34. The number of aromatic nitrogens is 2. The van der Waals surface area contributed by atoms with Crippen molar-refractivity contribution in [2.75, 3.05) is 0 Å². The van der Waals surface area contributed by atoms with Crippen molar-refractivity contribution < 1.29 is 9.59 Å². The molecule has 0 fully saturated rings. The molecule has 4 heterocycles. The lowest BCUT2D eigenvalue weighted by molar-refractivity contribution is -0.125. The summed E-state index contributed by atoms with van der Waals surface area (Å²) in [5, 5.41) is 2.80. The second-order valence-electron chi connectivity index (χ2n) is 9.96. The molecule has 0 saturated heterocycles. The van der Waals surface area contributed by atoms with Gasteiger partial charge in [-0.3, -0.25) is 19.6 Å². The van der Waals surface area contributed by atoms with Crippen LogP contribution in [0.5, 0.6) is 0 Å². The van der Waals surface area contributed by atoms with Crippen LogP contribution in [0.2, 0.25) is 0 Å². The molecule has 0 amide bonds. The minimum Gasteiger partial charge on any atom is -0.294 e. The number of hydrogen-bond acceptors (Lipinski definition) is 8. The fourth-order valence-corrected chi connectivity index (χ4v) is 5.23. The second kappa shape index (κ2) is 10.8. The molecular weight excluding hydrogens is 500 g/mol. The summed E-state index contributed by atoms with van der Waals surface area (Å²) in [6.07, 6.45) is 6.92. The zero-order chi connectivity index (χ0) is 27.4. The van der Waals surface area contributed by atoms with E-state index in [0.29, 0.717) is 58.5 Å². The average Bonchev–Trinajstić information content (AvgIpc) is 3.60. The normalized spacial score (nSPS) is 15.5. The maximum atomic E-state index is 13.5. The van der Waals surface area contributed by atoms with Gasteiger partial charge in [-0.1, -0.05) is 49.2 Å². The van der Waals surface area contributed by atoms with Gasteiger partial charge < -0.3 is 0 Å². The van der Waals surface area contributed by atoms with Gasteiger partial charge in [0.05, 0.1) is 32.8 Å². The monoisotopic (exact) mass is 528 g/mol. The fraction of sp³-hybridized carbons (Fsp3) is 0.250. The van der Waals surface area contributed by atoms with Crippen molar-refractivity contribution in [3.8, 4) is 0 Å². The third-order valence-electron chi connectivity index (χ3n) is 7.27. The maximum absolute atomic E-state index is 13.5. The van der Waals surface area contributed by atoms with Crippen molar-refractivity contribution in [3.05, 3.63) is 130 Å². The first-order valence-electron chi connectivity index (χ1n) is 13.6. The summed E-state index contributed by atoms with van der Waals surface area (Å²) in [5.41, 5.74) is -1.61. The van der Waals surface area contributed by atoms with Gasteiger partial charge in [-0.05, 0) is 61.4 Å². The lowest BCUT2D eigenvalue weighted by Crippen LogP contribution is -2.32. The van der Waals surface area contributed by atoms with Gasteiger partial charge in [-0.2, -0.15) is 0 Å². The van der Waals surface area contributed by atoms with E-state index in [-0.39, 0.29) is 11.6 Å². The van der Waals surface area contributed by atoms with Gasteiger partial charge in [0.1, 0.15) is 0 Å². The van der Waals surface area contributed by atoms with Crippen LogP contribution in [0.25, 0.3) is 0 Å². The van der Waals surface area contributed by atoms with E-state index in [1.165, 1.54) is 0 Å². The summed E-state index contributed by atoms with van der Waals surface area (Å²) in [5.74, 6) is -0.150. The molecule has 6 rings (SSSR count). The van der Waals surface area contributed by atoms with E-state index in [1.54, 1.807) is 24.5 Å². The van der Waals surface area contributed by atoms with Gasteiger partial charge in [-0.25, -0.2) is 20.0 Å². The van der Waals surface area contributed by atoms with Crippen LogP contribution in [0.4, 0.5) is 0 Å². The van der Waals surface area contributed by atoms with E-state index < -0.39 is 11.3 Å². The molecule has 0 atom stereocenters. The zero-order valence-corrected chi connectivity index (χ0v) is 22.0. The van der Waals surface area contributed by atoms with Crippen LogP contribution in [0.3, 0.4) is 0 Å². The third kappa shape index (κ3) is 4.66. The molecule has 0 bridgehead atoms. The minimum absolute atomic E-state index is 0.0751. The Morgan fingerprint density at radius 2 is 0.825 bits per heavy atom. The molecule has 0 saturated carbocycles. The number of hydrogen-bond donors (Lipinski definition) is 0. The molecule has 2 aliphatic heterocycles. The summed E-state index contributed by atoms with van der Waals surface area (Å²) in [4.78, 5) is 54.9. The van der Waals surface area contributed by atoms with Crippen molar-refractivity contribution in [1.82, 2.24) is 9.97 Å². The Hall–Kier alpha value is -4.72. The topological polar surface area (TPSA) is 109 Å². The van der Waals surface area contributed by atoms with Crippen LogP contribution < -0.4 is 21.4 Å². The Balaban J connectivity index is 1.09. The zero-order valence-electron chi connectivity index (χ0n) is 22.0. The van der Waals surface area contributed by atoms with Crippen molar-refractivity contribution in [2.45, 2.75) is 49.9 Å². The number of Topliss-reactive ketones (excluding diaryl/α,β-unsaturated/α-hetero) is 2. The van der Waals surface area contributed by atoms with Gasteiger partial charge in [0.25, 0.3) is 11.3 Å². The number of rotatable bonds is 11. The summed E-state index contributed by atoms with van der Waals surface area (Å²) in [7, 11) is 0. The Kier molecular flexibility index (Phi) is 6.90. The Morgan fingerprint density at radius 1 is 0.475 bits per heavy atom. The number of carbonyl (C=O) groups is 2. The standard InChI is InChI=1S/C32H28N6O2/c39-29(31(27-17-9-11-21-33-27)35-23-13-5-6-14-24(23)36-31)19-3-1-2-4-20-30(40)32(28-18-10-12-22-34-28)37-25-15-7-8-16-26(25)38-32/h5-18,21-22H,1-4,19-20H2. The molecule has 2 aromatic heterocycles. The molecule has 198 valence electrons. The molecule has 0 aliphatic carbocycles. The summed E-state index contributed by atoms with van der Waals surface area (Å²) >= 11 is 0. The average molecular weight is 529 g/mol. The molecule has 0 radical (unpaired) electrons. The number of carbonyl (C=O) groups excluding carboxylic acids is 2. The quantitative estimate of drug-likeness (QED) is 0.279. The predicted octanol–water partition coefficient (Wildman–Crippen LogP) is 2.87. The predicted molar refractivity (Wildman–Crippen MR) is 147 cm³/mol. The van der Waals surface area contributed by atoms with Gasteiger partial charge in [-0.15, -0.1) is 0 Å². The van der Waals surface area contributed by atoms with Crippen LogP contribution in [0.15, 0.2) is 117 Å². The molecular formula is C32H28N6O2. The van der Waals surface area contributed by atoms with Crippen molar-refractivity contribution >= 4 is 11.6 Å². The maximum Gasteiger partial charge on any atom is 0.252 e. The van der Waals surface area contributed by atoms with Crippen molar-refractivity contribution in [2.24, 2.45) is 20.0 Å². The third-order valence-corrected chi connectivity index (χ3v) is 7.27. The summed E-state index contributed by atoms with van der Waals surface area (Å²) < 4.78 is 0. The van der Waals surface area contributed by atoms with Gasteiger partial charge in [0.2, 0.25) is 0 Å². The van der Waals surface area contributed by atoms with Crippen LogP contribution in [0, 0.1) is 0 Å². The highest BCUT2D eigenvalue weighted by molar-refractivity contribution is 5.90. The molecule has 40 heavy (non-hydrogen) atoms. The molecule has 0 N–H and O–H groups in total. The number of pyridine rings is 2. The van der Waals surface area contributed by atoms with E-state index >= 15 is 0 Å². The number of benzene rings is 2. The molecule has 2 aliphatic rings. The molecule has 4 aromatic rings. The van der Waals surface area contributed by atoms with E-state index in [9.17, 15) is 9.59 Å². The SMILES string of the molecule is O=C(CCCCCCC(=O)C1(c2ccccn2)N=c2ccccc2=N1)C1(c2ccccn2)N=c2ccccc2=N1. The van der Waals surface area contributed by atoms with Gasteiger partial charge in [0.15, 0.2) is 11.6 Å². The van der Waals surface area contributed by atoms with Crippen LogP contribution in [-0.4, -0.2) is 21.5 Å². The number of unbranched alkanes of at least 4 members (excludes halogenated alkanes) is 3. The van der Waals surface area contributed by atoms with E-state index in [2.05, 4.69) is 9.97 Å². The largest absolute Gasteiger partial charge is 0.294 e. The van der Waals surface area contributed by atoms with E-state index in [0.717, 1.165) is 12.8 Å². The first kappa shape index (κ1) is 25.6. The first-order valence-corrected chi connectivity index (χ1v) is 13.6. The first-order chi connectivity index (χ1) is 19.6. The van der Waals surface area contributed by atoms with Crippen LogP contribution >= 0.6 is 0 Å². The molecule has 8 heteroatoms. The highest BCUT2D eigenvalue weighted by Crippen LogP contribution is 2.31. The molecule has 0 spiro atoms. The Bertz CT molecular complexity index is 1600. The van der Waals surface area contributed by atoms with Crippen molar-refractivity contribution in [1.29, 1.82) is 0 Å². The lowest BCUT2D eigenvalue weighted by Gasteiger charge is -2.21. The summed E-state index contributed by atoms with van der Waals surface area (Å²) in [6.45, 7) is 0. The lowest BCUT2D eigenvalue weighted by atomic mass is 9.94.